The molecule has 120 valence electrons. The Kier molecular flexibility index (Phi) is 4.84. The number of aryl methyl sites for hydroxylation is 1. The Bertz CT molecular complexity index is 686. The number of carbonyl (C=O) groups is 2. The van der Waals surface area contributed by atoms with E-state index in [1.165, 1.54) is 5.01 Å². The molecule has 0 aromatic heterocycles. The highest BCUT2D eigenvalue weighted by Gasteiger charge is 2.29. The van der Waals surface area contributed by atoms with Crippen LogP contribution in [0.3, 0.4) is 0 Å². The Morgan fingerprint density at radius 2 is 1.43 bits per heavy atom. The summed E-state index contributed by atoms with van der Waals surface area (Å²) in [6.45, 7) is 7.60. The summed E-state index contributed by atoms with van der Waals surface area (Å²) in [7, 11) is 0. The second-order valence-corrected chi connectivity index (χ2v) is 6.48. The van der Waals surface area contributed by atoms with E-state index in [9.17, 15) is 9.59 Å². The number of rotatable bonds is 2. The second-order valence-electron chi connectivity index (χ2n) is 6.48. The van der Waals surface area contributed by atoms with Gasteiger partial charge in [0.1, 0.15) is 0 Å². The van der Waals surface area contributed by atoms with Gasteiger partial charge in [-0.3, -0.25) is 15.0 Å². The summed E-state index contributed by atoms with van der Waals surface area (Å²) in [5.74, 6) is -0.539. The van der Waals surface area contributed by atoms with Gasteiger partial charge in [-0.15, -0.1) is 0 Å². The molecule has 2 aromatic rings. The minimum atomic E-state index is -0.548. The van der Waals surface area contributed by atoms with E-state index in [2.05, 4.69) is 5.43 Å². The van der Waals surface area contributed by atoms with Crippen LogP contribution in [0.15, 0.2) is 54.6 Å². The normalized spacial score (nSPS) is 11.0. The Morgan fingerprint density at radius 1 is 0.870 bits per heavy atom. The van der Waals surface area contributed by atoms with Gasteiger partial charge in [-0.25, -0.2) is 5.01 Å². The molecule has 2 aromatic carbocycles. The van der Waals surface area contributed by atoms with Crippen molar-refractivity contribution in [2.75, 3.05) is 0 Å². The fourth-order valence-electron chi connectivity index (χ4n) is 2.10. The molecule has 2 amide bonds. The maximum absolute atomic E-state index is 12.7. The van der Waals surface area contributed by atoms with Crippen LogP contribution in [0.5, 0.6) is 0 Å². The lowest BCUT2D eigenvalue weighted by molar-refractivity contribution is 0.0358. The molecule has 0 saturated carbocycles. The summed E-state index contributed by atoms with van der Waals surface area (Å²) in [6.07, 6.45) is 0. The Balaban J connectivity index is 2.24. The maximum Gasteiger partial charge on any atom is 0.272 e. The molecule has 0 aliphatic rings. The van der Waals surface area contributed by atoms with Crippen molar-refractivity contribution >= 4 is 11.8 Å². The Labute approximate surface area is 137 Å². The number of carbonyl (C=O) groups excluding carboxylic acids is 2. The summed E-state index contributed by atoms with van der Waals surface area (Å²) in [4.78, 5) is 25.2. The lowest BCUT2D eigenvalue weighted by Gasteiger charge is -2.35. The zero-order valence-electron chi connectivity index (χ0n) is 14.0. The maximum atomic E-state index is 12.7. The third-order valence-electron chi connectivity index (χ3n) is 3.42. The number of hydrogen-bond donors (Lipinski definition) is 1. The highest BCUT2D eigenvalue weighted by Crippen LogP contribution is 2.16. The van der Waals surface area contributed by atoms with Gasteiger partial charge >= 0.3 is 0 Å². The van der Waals surface area contributed by atoms with Crippen LogP contribution in [0.1, 0.15) is 47.1 Å². The van der Waals surface area contributed by atoms with E-state index in [4.69, 9.17) is 0 Å². The van der Waals surface area contributed by atoms with Crippen molar-refractivity contribution in [2.24, 2.45) is 0 Å². The Morgan fingerprint density at radius 3 is 1.96 bits per heavy atom. The van der Waals surface area contributed by atoms with Crippen molar-refractivity contribution in [1.82, 2.24) is 10.4 Å². The molecule has 2 rings (SSSR count). The van der Waals surface area contributed by atoms with Gasteiger partial charge in [0.15, 0.2) is 0 Å². The zero-order valence-corrected chi connectivity index (χ0v) is 14.0. The topological polar surface area (TPSA) is 49.4 Å². The molecule has 0 fully saturated rings. The first kappa shape index (κ1) is 16.7. The fourth-order valence-corrected chi connectivity index (χ4v) is 2.10. The van der Waals surface area contributed by atoms with Crippen LogP contribution in [-0.4, -0.2) is 22.4 Å². The van der Waals surface area contributed by atoms with Gasteiger partial charge in [0, 0.05) is 11.1 Å². The summed E-state index contributed by atoms with van der Waals surface area (Å²) in [5.41, 5.74) is 4.32. The Hall–Kier alpha value is -2.62. The molecular weight excluding hydrogens is 288 g/mol. The smallest absolute Gasteiger partial charge is 0.267 e. The van der Waals surface area contributed by atoms with Crippen molar-refractivity contribution in [3.8, 4) is 0 Å². The average Bonchev–Trinajstić information content (AvgIpc) is 2.52. The molecule has 23 heavy (non-hydrogen) atoms. The largest absolute Gasteiger partial charge is 0.272 e. The predicted molar refractivity (Wildman–Crippen MR) is 91.0 cm³/mol. The number of hydrazine groups is 1. The van der Waals surface area contributed by atoms with Crippen LogP contribution >= 0.6 is 0 Å². The molecule has 4 nitrogen and oxygen atoms in total. The molecule has 0 aliphatic heterocycles. The van der Waals surface area contributed by atoms with Crippen molar-refractivity contribution < 1.29 is 9.59 Å². The molecule has 0 heterocycles. The zero-order chi connectivity index (χ0) is 17.0. The third-order valence-corrected chi connectivity index (χ3v) is 3.42. The van der Waals surface area contributed by atoms with E-state index in [0.717, 1.165) is 5.56 Å². The number of benzene rings is 2. The van der Waals surface area contributed by atoms with Crippen LogP contribution < -0.4 is 5.43 Å². The molecule has 0 saturated heterocycles. The van der Waals surface area contributed by atoms with Crippen molar-refractivity contribution in [3.05, 3.63) is 71.3 Å². The quantitative estimate of drug-likeness (QED) is 0.862. The van der Waals surface area contributed by atoms with Crippen LogP contribution in [0.25, 0.3) is 0 Å². The van der Waals surface area contributed by atoms with Gasteiger partial charge in [0.2, 0.25) is 0 Å². The number of amides is 2. The third kappa shape index (κ3) is 4.19. The van der Waals surface area contributed by atoms with E-state index in [1.807, 2.05) is 45.9 Å². The van der Waals surface area contributed by atoms with Crippen LogP contribution in [0.2, 0.25) is 0 Å². The highest BCUT2D eigenvalue weighted by atomic mass is 16.2. The average molecular weight is 310 g/mol. The lowest BCUT2D eigenvalue weighted by Crippen LogP contribution is -2.55. The van der Waals surface area contributed by atoms with Gasteiger partial charge in [0.25, 0.3) is 11.8 Å². The van der Waals surface area contributed by atoms with Crippen molar-refractivity contribution in [2.45, 2.75) is 33.2 Å². The van der Waals surface area contributed by atoms with E-state index >= 15 is 0 Å². The standard InChI is InChI=1S/C19H22N2O2/c1-14-10-12-15(13-11-14)17(22)20-21(19(2,3)4)18(23)16-8-6-5-7-9-16/h5-13H,1-4H3,(H,20,22). The molecular formula is C19H22N2O2. The summed E-state index contributed by atoms with van der Waals surface area (Å²) in [5, 5.41) is 1.38. The highest BCUT2D eigenvalue weighted by molar-refractivity contribution is 5.99. The minimum absolute atomic E-state index is 0.237. The summed E-state index contributed by atoms with van der Waals surface area (Å²) < 4.78 is 0. The molecule has 0 atom stereocenters. The van der Waals surface area contributed by atoms with Crippen LogP contribution in [0.4, 0.5) is 0 Å². The first-order chi connectivity index (χ1) is 10.8. The monoisotopic (exact) mass is 310 g/mol. The van der Waals surface area contributed by atoms with Crippen molar-refractivity contribution in [1.29, 1.82) is 0 Å². The van der Waals surface area contributed by atoms with Crippen LogP contribution in [0, 0.1) is 6.92 Å². The predicted octanol–water partition coefficient (Wildman–Crippen LogP) is 3.58. The number of nitrogens with one attached hydrogen (secondary N) is 1. The molecule has 0 bridgehead atoms. The minimum Gasteiger partial charge on any atom is -0.267 e. The summed E-state index contributed by atoms with van der Waals surface area (Å²) >= 11 is 0. The molecule has 4 heteroatoms. The molecule has 0 radical (unpaired) electrons. The van der Waals surface area contributed by atoms with Gasteiger partial charge in [0.05, 0.1) is 5.54 Å². The SMILES string of the molecule is Cc1ccc(C(=O)NN(C(=O)c2ccccc2)C(C)(C)C)cc1. The van der Waals surface area contributed by atoms with Gasteiger partial charge in [-0.2, -0.15) is 0 Å². The molecule has 0 aliphatic carbocycles. The number of nitrogens with zero attached hydrogens (tertiary/aromatic N) is 1. The first-order valence-corrected chi connectivity index (χ1v) is 7.56. The van der Waals surface area contributed by atoms with E-state index < -0.39 is 5.54 Å². The van der Waals surface area contributed by atoms with Gasteiger partial charge < -0.3 is 0 Å². The fraction of sp³-hybridized carbons (Fsp3) is 0.263. The molecule has 0 spiro atoms. The lowest BCUT2D eigenvalue weighted by atomic mass is 10.1. The van der Waals surface area contributed by atoms with E-state index in [0.29, 0.717) is 11.1 Å². The van der Waals surface area contributed by atoms with Crippen LogP contribution in [-0.2, 0) is 0 Å². The van der Waals surface area contributed by atoms with Gasteiger partial charge in [-0.1, -0.05) is 35.9 Å². The second kappa shape index (κ2) is 6.65. The van der Waals surface area contributed by atoms with E-state index in [1.54, 1.807) is 36.4 Å². The first-order valence-electron chi connectivity index (χ1n) is 7.56. The van der Waals surface area contributed by atoms with E-state index in [-0.39, 0.29) is 11.8 Å². The summed E-state index contributed by atoms with van der Waals surface area (Å²) in [6, 6.07) is 16.2. The molecule has 0 unspecified atom stereocenters. The number of hydrogen-bond acceptors (Lipinski definition) is 2. The molecule has 1 N–H and O–H groups in total. The van der Waals surface area contributed by atoms with Crippen molar-refractivity contribution in [3.63, 3.8) is 0 Å². The van der Waals surface area contributed by atoms with Gasteiger partial charge in [-0.05, 0) is 52.0 Å².